The van der Waals surface area contributed by atoms with Crippen molar-refractivity contribution in [3.63, 3.8) is 0 Å². The first kappa shape index (κ1) is 15.5. The van der Waals surface area contributed by atoms with Gasteiger partial charge in [0.25, 0.3) is 0 Å². The summed E-state index contributed by atoms with van der Waals surface area (Å²) >= 11 is 0. The zero-order chi connectivity index (χ0) is 14.7. The molecular formula is C16H30N4. The van der Waals surface area contributed by atoms with Crippen molar-refractivity contribution in [3.05, 3.63) is 18.2 Å². The lowest BCUT2D eigenvalue weighted by atomic mass is 9.91. The quantitative estimate of drug-likeness (QED) is 0.798. The lowest BCUT2D eigenvalue weighted by Gasteiger charge is -2.27. The molecule has 0 unspecified atom stereocenters. The Hall–Kier alpha value is -0.870. The highest BCUT2D eigenvalue weighted by atomic mass is 15.3. The van der Waals surface area contributed by atoms with E-state index in [1.807, 2.05) is 6.20 Å². The van der Waals surface area contributed by atoms with E-state index in [2.05, 4.69) is 60.4 Å². The normalized spacial score (nSPS) is 24.1. The maximum atomic E-state index is 4.55. The van der Waals surface area contributed by atoms with Crippen LogP contribution in [0.3, 0.4) is 0 Å². The third-order valence-electron chi connectivity index (χ3n) is 4.56. The lowest BCUT2D eigenvalue weighted by molar-refractivity contribution is 0.215. The maximum absolute atomic E-state index is 4.55. The van der Waals surface area contributed by atoms with E-state index in [4.69, 9.17) is 0 Å². The summed E-state index contributed by atoms with van der Waals surface area (Å²) in [5.74, 6) is 2.72. The Morgan fingerprint density at radius 1 is 1.35 bits per heavy atom. The maximum Gasteiger partial charge on any atom is 0.122 e. The molecule has 4 heteroatoms. The number of likely N-dealkylation sites (N-methyl/N-ethyl adjacent to an activating group) is 1. The molecule has 0 aliphatic carbocycles. The van der Waals surface area contributed by atoms with Gasteiger partial charge < -0.3 is 9.47 Å². The number of hydrogen-bond donors (Lipinski definition) is 0. The van der Waals surface area contributed by atoms with E-state index in [0.717, 1.165) is 37.9 Å². The van der Waals surface area contributed by atoms with Crippen LogP contribution in [0.1, 0.15) is 33.0 Å². The first-order valence-corrected chi connectivity index (χ1v) is 7.91. The number of likely N-dealkylation sites (tertiary alicyclic amines) is 1. The van der Waals surface area contributed by atoms with Crippen molar-refractivity contribution < 1.29 is 0 Å². The molecule has 0 bridgehead atoms. The van der Waals surface area contributed by atoms with Gasteiger partial charge in [0.1, 0.15) is 5.82 Å². The summed E-state index contributed by atoms with van der Waals surface area (Å²) in [6.07, 6.45) is 5.21. The van der Waals surface area contributed by atoms with Gasteiger partial charge in [-0.05, 0) is 32.4 Å². The molecule has 1 fully saturated rings. The van der Waals surface area contributed by atoms with Crippen LogP contribution in [-0.2, 0) is 13.1 Å². The van der Waals surface area contributed by atoms with E-state index in [1.54, 1.807) is 0 Å². The first-order chi connectivity index (χ1) is 9.52. The Morgan fingerprint density at radius 2 is 2.10 bits per heavy atom. The molecule has 114 valence electrons. The van der Waals surface area contributed by atoms with Gasteiger partial charge in [-0.2, -0.15) is 0 Å². The molecular weight excluding hydrogens is 248 g/mol. The third-order valence-corrected chi connectivity index (χ3v) is 4.56. The van der Waals surface area contributed by atoms with Gasteiger partial charge >= 0.3 is 0 Å². The van der Waals surface area contributed by atoms with Crippen LogP contribution in [0.25, 0.3) is 0 Å². The van der Waals surface area contributed by atoms with Crippen molar-refractivity contribution in [2.24, 2.45) is 11.8 Å². The Bertz CT molecular complexity index is 394. The largest absolute Gasteiger partial charge is 0.334 e. The first-order valence-electron chi connectivity index (χ1n) is 7.91. The average Bonchev–Trinajstić information content (AvgIpc) is 2.98. The molecule has 0 saturated carbocycles. The zero-order valence-corrected chi connectivity index (χ0v) is 13.7. The van der Waals surface area contributed by atoms with Crippen molar-refractivity contribution in [2.45, 2.75) is 46.3 Å². The molecule has 1 aromatic rings. The second kappa shape index (κ2) is 6.72. The fraction of sp³-hybridized carbons (Fsp3) is 0.812. The minimum Gasteiger partial charge on any atom is -0.334 e. The van der Waals surface area contributed by atoms with Gasteiger partial charge in [-0.3, -0.25) is 4.90 Å². The minimum absolute atomic E-state index is 0.671. The van der Waals surface area contributed by atoms with Gasteiger partial charge in [0, 0.05) is 38.1 Å². The number of hydrogen-bond acceptors (Lipinski definition) is 3. The Kier molecular flexibility index (Phi) is 5.22. The molecule has 0 amide bonds. The topological polar surface area (TPSA) is 24.3 Å². The van der Waals surface area contributed by atoms with E-state index in [-0.39, 0.29) is 0 Å². The highest BCUT2D eigenvalue weighted by Gasteiger charge is 2.36. The number of aromatic nitrogens is 2. The SMILES string of the molecule is CCCn1ccnc1CN1C[C@@H](N(C)C)[C@H](C(C)C)C1. The molecule has 2 rings (SSSR count). The number of rotatable bonds is 6. The van der Waals surface area contributed by atoms with Gasteiger partial charge in [-0.15, -0.1) is 0 Å². The summed E-state index contributed by atoms with van der Waals surface area (Å²) in [6, 6.07) is 0.671. The van der Waals surface area contributed by atoms with E-state index in [0.29, 0.717) is 6.04 Å². The van der Waals surface area contributed by atoms with Crippen LogP contribution in [0.4, 0.5) is 0 Å². The summed E-state index contributed by atoms with van der Waals surface area (Å²) in [7, 11) is 4.42. The molecule has 0 aromatic carbocycles. The molecule has 1 aliphatic rings. The van der Waals surface area contributed by atoms with Gasteiger partial charge in [0.2, 0.25) is 0 Å². The summed E-state index contributed by atoms with van der Waals surface area (Å²) in [5.41, 5.74) is 0. The third kappa shape index (κ3) is 3.41. The molecule has 4 nitrogen and oxygen atoms in total. The molecule has 1 aromatic heterocycles. The smallest absolute Gasteiger partial charge is 0.122 e. The van der Waals surface area contributed by atoms with Crippen molar-refractivity contribution in [3.8, 4) is 0 Å². The molecule has 0 spiro atoms. The second-order valence-corrected chi connectivity index (χ2v) is 6.67. The monoisotopic (exact) mass is 278 g/mol. The Labute approximate surface area is 123 Å². The predicted octanol–water partition coefficient (Wildman–Crippen LogP) is 2.31. The van der Waals surface area contributed by atoms with E-state index in [9.17, 15) is 0 Å². The number of nitrogens with zero attached hydrogens (tertiary/aromatic N) is 4. The van der Waals surface area contributed by atoms with Crippen LogP contribution >= 0.6 is 0 Å². The minimum atomic E-state index is 0.671. The van der Waals surface area contributed by atoms with E-state index in [1.165, 1.54) is 12.4 Å². The zero-order valence-electron chi connectivity index (χ0n) is 13.7. The predicted molar refractivity (Wildman–Crippen MR) is 83.6 cm³/mol. The van der Waals surface area contributed by atoms with Crippen LogP contribution in [0.15, 0.2) is 12.4 Å². The van der Waals surface area contributed by atoms with Gasteiger partial charge in [0.05, 0.1) is 6.54 Å². The van der Waals surface area contributed by atoms with E-state index < -0.39 is 0 Å². The molecule has 2 atom stereocenters. The summed E-state index contributed by atoms with van der Waals surface area (Å²) in [6.45, 7) is 11.3. The molecule has 20 heavy (non-hydrogen) atoms. The summed E-state index contributed by atoms with van der Waals surface area (Å²) < 4.78 is 2.30. The van der Waals surface area contributed by atoms with Crippen LogP contribution in [0.2, 0.25) is 0 Å². The number of imidazole rings is 1. The van der Waals surface area contributed by atoms with Crippen molar-refractivity contribution >= 4 is 0 Å². The van der Waals surface area contributed by atoms with Gasteiger partial charge in [-0.1, -0.05) is 20.8 Å². The summed E-state index contributed by atoms with van der Waals surface area (Å²) in [4.78, 5) is 9.51. The van der Waals surface area contributed by atoms with Crippen LogP contribution in [-0.4, -0.2) is 52.6 Å². The van der Waals surface area contributed by atoms with E-state index >= 15 is 0 Å². The molecule has 1 saturated heterocycles. The van der Waals surface area contributed by atoms with Gasteiger partial charge in [-0.25, -0.2) is 4.98 Å². The highest BCUT2D eigenvalue weighted by molar-refractivity contribution is 4.97. The second-order valence-electron chi connectivity index (χ2n) is 6.67. The standard InChI is InChI=1S/C16H30N4/c1-6-8-20-9-7-17-16(20)12-19-10-14(13(2)3)15(11-19)18(4)5/h7,9,13-15H,6,8,10-12H2,1-5H3/t14-,15+/m0/s1. The summed E-state index contributed by atoms with van der Waals surface area (Å²) in [5, 5.41) is 0. The van der Waals surface area contributed by atoms with Crippen LogP contribution in [0, 0.1) is 11.8 Å². The Morgan fingerprint density at radius 3 is 2.65 bits per heavy atom. The lowest BCUT2D eigenvalue weighted by Crippen LogP contribution is -2.37. The molecule has 0 N–H and O–H groups in total. The van der Waals surface area contributed by atoms with Crippen molar-refractivity contribution in [1.82, 2.24) is 19.4 Å². The molecule has 2 heterocycles. The molecule has 0 radical (unpaired) electrons. The van der Waals surface area contributed by atoms with Crippen LogP contribution < -0.4 is 0 Å². The highest BCUT2D eigenvalue weighted by Crippen LogP contribution is 2.28. The van der Waals surface area contributed by atoms with Crippen LogP contribution in [0.5, 0.6) is 0 Å². The van der Waals surface area contributed by atoms with Gasteiger partial charge in [0.15, 0.2) is 0 Å². The fourth-order valence-electron chi connectivity index (χ4n) is 3.36. The molecule has 1 aliphatic heterocycles. The fourth-order valence-corrected chi connectivity index (χ4v) is 3.36. The number of aryl methyl sites for hydroxylation is 1. The average molecular weight is 278 g/mol. The Balaban J connectivity index is 2.02. The van der Waals surface area contributed by atoms with Crippen molar-refractivity contribution in [1.29, 1.82) is 0 Å². The van der Waals surface area contributed by atoms with Crippen molar-refractivity contribution in [2.75, 3.05) is 27.2 Å².